The zero-order valence-corrected chi connectivity index (χ0v) is 39.6. The third-order valence-electron chi connectivity index (χ3n) is 15.6. The fraction of sp³-hybridized carbons (Fsp3) is 0.0290. The van der Waals surface area contributed by atoms with Crippen LogP contribution in [0.1, 0.15) is 11.7 Å². The maximum absolute atomic E-state index is 5.71. The molecule has 336 valence electrons. The van der Waals surface area contributed by atoms with Gasteiger partial charge in [0, 0.05) is 29.1 Å². The van der Waals surface area contributed by atoms with Crippen LogP contribution in [0.3, 0.4) is 0 Å². The highest BCUT2D eigenvalue weighted by atomic mass is 15.4. The van der Waals surface area contributed by atoms with Gasteiger partial charge in [0.2, 0.25) is 0 Å². The largest absolute Gasteiger partial charge is 0.349 e. The van der Waals surface area contributed by atoms with Crippen molar-refractivity contribution in [3.8, 4) is 33.5 Å². The van der Waals surface area contributed by atoms with Crippen molar-refractivity contribution in [2.24, 2.45) is 0 Å². The third-order valence-corrected chi connectivity index (χ3v) is 15.6. The maximum atomic E-state index is 5.71. The number of nitrogens with zero attached hydrogens (tertiary/aromatic N) is 3. The molecule has 1 aliphatic heterocycles. The first-order chi connectivity index (χ1) is 35.6. The molecular weight excluding hydrogens is 871 g/mol. The molecule has 0 N–H and O–H groups in total. The Hall–Kier alpha value is -9.31. The summed E-state index contributed by atoms with van der Waals surface area (Å²) in [4.78, 5) is 10.6. The summed E-state index contributed by atoms with van der Waals surface area (Å²) in [6, 6.07) is 91.8. The van der Waals surface area contributed by atoms with Crippen LogP contribution in [0.5, 0.6) is 0 Å². The predicted octanol–water partition coefficient (Wildman–Crippen LogP) is 18.6. The highest BCUT2D eigenvalue weighted by Gasteiger charge is 2.35. The molecule has 0 aliphatic carbocycles. The summed E-state index contributed by atoms with van der Waals surface area (Å²) in [6.07, 6.45) is 0.00916. The van der Waals surface area contributed by atoms with Gasteiger partial charge >= 0.3 is 0 Å². The second-order valence-corrected chi connectivity index (χ2v) is 19.4. The summed E-state index contributed by atoms with van der Waals surface area (Å²) in [5.41, 5.74) is 12.5. The van der Waals surface area contributed by atoms with Gasteiger partial charge < -0.3 is 9.80 Å². The van der Waals surface area contributed by atoms with Gasteiger partial charge in [0.25, 0.3) is 0 Å². The molecule has 3 nitrogen and oxygen atoms in total. The lowest BCUT2D eigenvalue weighted by Crippen LogP contribution is -2.30. The van der Waals surface area contributed by atoms with Crippen molar-refractivity contribution in [2.45, 2.75) is 6.17 Å². The molecule has 14 aromatic rings. The van der Waals surface area contributed by atoms with E-state index < -0.39 is 0 Å². The van der Waals surface area contributed by atoms with Gasteiger partial charge in [0.1, 0.15) is 6.17 Å². The SMILES string of the molecule is CN1c2ccccc2N(c2ccc(-c3cc(-c4ccc5c6ccccc6c6ccccc6c5c4)nc4c3cc(-c3ccc5c6ccccc6c6ccccc6c5c3)c3ccccc34)cc2)C1c1ccccc1. The number of para-hydroxylation sites is 2. The highest BCUT2D eigenvalue weighted by Crippen LogP contribution is 2.50. The van der Waals surface area contributed by atoms with Gasteiger partial charge in [0.05, 0.1) is 22.6 Å². The average molecular weight is 916 g/mol. The summed E-state index contributed by atoms with van der Waals surface area (Å²) in [5, 5.41) is 18.6. The van der Waals surface area contributed by atoms with Gasteiger partial charge in [-0.25, -0.2) is 4.98 Å². The van der Waals surface area contributed by atoms with Crippen LogP contribution in [-0.4, -0.2) is 12.0 Å². The van der Waals surface area contributed by atoms with Crippen molar-refractivity contribution in [1.82, 2.24) is 4.98 Å². The van der Waals surface area contributed by atoms with E-state index in [0.29, 0.717) is 0 Å². The first kappa shape index (κ1) is 40.6. The number of benzene rings is 13. The highest BCUT2D eigenvalue weighted by molar-refractivity contribution is 6.27. The van der Waals surface area contributed by atoms with E-state index in [-0.39, 0.29) is 6.17 Å². The van der Waals surface area contributed by atoms with Crippen molar-refractivity contribution < 1.29 is 0 Å². The standard InChI is InChI=1S/C69H45N3/c1-71-66-29-15-16-30-67(66)72(69(71)44-17-3-2-4-18-44)47-35-31-43(32-36-47)61-42-65(46-34-38-58-53-24-8-6-20-49(53)51-22-10-12-26-55(51)63(58)40-46)70-68-59-28-14-13-27-56(59)60(41-64(61)68)45-33-37-57-52-23-7-5-19-48(52)50-21-9-11-25-54(50)62(57)39-45/h2-42,69H,1H3. The fourth-order valence-electron chi connectivity index (χ4n) is 12.3. The number of hydrogen-bond acceptors (Lipinski definition) is 3. The van der Waals surface area contributed by atoms with Crippen LogP contribution >= 0.6 is 0 Å². The van der Waals surface area contributed by atoms with Crippen LogP contribution in [0.25, 0.3) is 120 Å². The minimum absolute atomic E-state index is 0.00916. The van der Waals surface area contributed by atoms with E-state index >= 15 is 0 Å². The molecule has 0 amide bonds. The molecule has 0 saturated heterocycles. The van der Waals surface area contributed by atoms with Gasteiger partial charge in [0.15, 0.2) is 0 Å². The minimum atomic E-state index is 0.00916. The Bertz CT molecular complexity index is 4470. The fourth-order valence-corrected chi connectivity index (χ4v) is 12.3. The molecule has 2 heterocycles. The summed E-state index contributed by atoms with van der Waals surface area (Å²) >= 11 is 0. The van der Waals surface area contributed by atoms with E-state index in [9.17, 15) is 0 Å². The van der Waals surface area contributed by atoms with Crippen molar-refractivity contribution in [3.63, 3.8) is 0 Å². The smallest absolute Gasteiger partial charge is 0.132 e. The van der Waals surface area contributed by atoms with Crippen molar-refractivity contribution in [3.05, 3.63) is 254 Å². The Kier molecular flexibility index (Phi) is 8.94. The summed E-state index contributed by atoms with van der Waals surface area (Å²) in [7, 11) is 2.20. The molecule has 72 heavy (non-hydrogen) atoms. The molecule has 0 saturated carbocycles. The zero-order valence-electron chi connectivity index (χ0n) is 39.6. The number of hydrogen-bond donors (Lipinski definition) is 0. The molecule has 1 aromatic heterocycles. The van der Waals surface area contributed by atoms with Gasteiger partial charge in [-0.1, -0.05) is 200 Å². The third kappa shape index (κ3) is 6.07. The molecule has 1 unspecified atom stereocenters. The molecule has 0 spiro atoms. The van der Waals surface area contributed by atoms with Crippen LogP contribution in [0.2, 0.25) is 0 Å². The van der Waals surface area contributed by atoms with Crippen molar-refractivity contribution in [2.75, 3.05) is 16.8 Å². The van der Waals surface area contributed by atoms with Crippen molar-refractivity contribution >= 4 is 103 Å². The van der Waals surface area contributed by atoms with Gasteiger partial charge in [-0.05, 0) is 146 Å². The predicted molar refractivity (Wildman–Crippen MR) is 307 cm³/mol. The van der Waals surface area contributed by atoms with E-state index in [4.69, 9.17) is 4.98 Å². The molecule has 1 aliphatic rings. The quantitative estimate of drug-likeness (QED) is 0.160. The van der Waals surface area contributed by atoms with E-state index in [1.54, 1.807) is 0 Å². The lowest BCUT2D eigenvalue weighted by atomic mass is 9.88. The first-order valence-corrected chi connectivity index (χ1v) is 24.9. The Labute approximate surface area is 417 Å². The monoisotopic (exact) mass is 915 g/mol. The first-order valence-electron chi connectivity index (χ1n) is 24.9. The minimum Gasteiger partial charge on any atom is -0.349 e. The Morgan fingerprint density at radius 1 is 0.306 bits per heavy atom. The topological polar surface area (TPSA) is 19.4 Å². The zero-order chi connectivity index (χ0) is 47.4. The lowest BCUT2D eigenvalue weighted by Gasteiger charge is -2.31. The Morgan fingerprint density at radius 2 is 0.722 bits per heavy atom. The average Bonchev–Trinajstić information content (AvgIpc) is 3.76. The van der Waals surface area contributed by atoms with Gasteiger partial charge in [-0.2, -0.15) is 0 Å². The van der Waals surface area contributed by atoms with Crippen LogP contribution in [0.15, 0.2) is 249 Å². The van der Waals surface area contributed by atoms with Crippen molar-refractivity contribution in [1.29, 1.82) is 0 Å². The van der Waals surface area contributed by atoms with E-state index in [1.165, 1.54) is 98.1 Å². The molecular formula is C69H45N3. The van der Waals surface area contributed by atoms with Crippen LogP contribution in [0, 0.1) is 0 Å². The number of pyridine rings is 1. The van der Waals surface area contributed by atoms with Crippen LogP contribution in [0.4, 0.5) is 17.1 Å². The normalized spacial score (nSPS) is 13.7. The van der Waals surface area contributed by atoms with Gasteiger partial charge in [-0.3, -0.25) is 0 Å². The summed E-state index contributed by atoms with van der Waals surface area (Å²) in [5.74, 6) is 0. The molecule has 1 atom stereocenters. The molecule has 15 rings (SSSR count). The van der Waals surface area contributed by atoms with Crippen LogP contribution in [-0.2, 0) is 0 Å². The lowest BCUT2D eigenvalue weighted by molar-refractivity contribution is 0.719. The number of rotatable bonds is 5. The summed E-state index contributed by atoms with van der Waals surface area (Å²) < 4.78 is 0. The molecule has 0 radical (unpaired) electrons. The second kappa shape index (κ2) is 15.9. The molecule has 0 bridgehead atoms. The Morgan fingerprint density at radius 3 is 1.29 bits per heavy atom. The molecule has 0 fully saturated rings. The Balaban J connectivity index is 0.971. The van der Waals surface area contributed by atoms with E-state index in [0.717, 1.165) is 44.4 Å². The second-order valence-electron chi connectivity index (χ2n) is 19.4. The van der Waals surface area contributed by atoms with Gasteiger partial charge in [-0.15, -0.1) is 0 Å². The maximum Gasteiger partial charge on any atom is 0.132 e. The summed E-state index contributed by atoms with van der Waals surface area (Å²) in [6.45, 7) is 0. The van der Waals surface area contributed by atoms with E-state index in [1.807, 2.05) is 0 Å². The molecule has 3 heteroatoms. The number of fused-ring (bicyclic) bond motifs is 16. The van der Waals surface area contributed by atoms with E-state index in [2.05, 4.69) is 266 Å². The van der Waals surface area contributed by atoms with Crippen LogP contribution < -0.4 is 9.80 Å². The number of anilines is 3. The molecule has 13 aromatic carbocycles. The number of aromatic nitrogens is 1.